The number of nitrogens with zero attached hydrogens (tertiary/aromatic N) is 1. The fraction of sp³-hybridized carbons (Fsp3) is 0.500. The molecule has 2 rings (SSSR count). The summed E-state index contributed by atoms with van der Waals surface area (Å²) in [6, 6.07) is 2.62. The molecule has 1 aliphatic rings. The van der Waals surface area contributed by atoms with E-state index < -0.39 is 12.1 Å². The van der Waals surface area contributed by atoms with E-state index in [0.717, 1.165) is 6.42 Å². The first-order chi connectivity index (χ1) is 8.49. The molecule has 1 aromatic heterocycles. The van der Waals surface area contributed by atoms with Crippen LogP contribution in [0.3, 0.4) is 0 Å². The van der Waals surface area contributed by atoms with Gasteiger partial charge in [0.15, 0.2) is 5.76 Å². The van der Waals surface area contributed by atoms with Crippen LogP contribution in [0.5, 0.6) is 0 Å². The minimum absolute atomic E-state index is 0.0265. The van der Waals surface area contributed by atoms with E-state index in [-0.39, 0.29) is 23.3 Å². The third kappa shape index (κ3) is 2.38. The van der Waals surface area contributed by atoms with Crippen LogP contribution in [0.2, 0.25) is 0 Å². The summed E-state index contributed by atoms with van der Waals surface area (Å²) < 4.78 is 4.96. The molecule has 1 aromatic rings. The van der Waals surface area contributed by atoms with Crippen LogP contribution in [0.25, 0.3) is 0 Å². The van der Waals surface area contributed by atoms with Crippen LogP contribution in [-0.4, -0.2) is 46.2 Å². The Hall–Kier alpha value is -1.82. The summed E-state index contributed by atoms with van der Waals surface area (Å²) in [6.45, 7) is 2.73. The van der Waals surface area contributed by atoms with Gasteiger partial charge in [-0.3, -0.25) is 4.79 Å². The van der Waals surface area contributed by atoms with Crippen molar-refractivity contribution in [3.8, 4) is 0 Å². The average molecular weight is 253 g/mol. The van der Waals surface area contributed by atoms with Crippen LogP contribution >= 0.6 is 0 Å². The highest BCUT2D eigenvalue weighted by Gasteiger charge is 2.31. The van der Waals surface area contributed by atoms with E-state index in [1.807, 2.05) is 0 Å². The molecular formula is C12H15NO5. The zero-order valence-corrected chi connectivity index (χ0v) is 10.00. The Morgan fingerprint density at radius 2 is 2.11 bits per heavy atom. The van der Waals surface area contributed by atoms with E-state index in [0.29, 0.717) is 13.1 Å². The molecule has 0 aromatic carbocycles. The summed E-state index contributed by atoms with van der Waals surface area (Å²) in [7, 11) is 0. The molecule has 1 aliphatic heterocycles. The van der Waals surface area contributed by atoms with Crippen molar-refractivity contribution in [2.24, 2.45) is 5.92 Å². The van der Waals surface area contributed by atoms with Crippen molar-refractivity contribution in [2.45, 2.75) is 19.4 Å². The first kappa shape index (κ1) is 12.6. The van der Waals surface area contributed by atoms with E-state index >= 15 is 0 Å². The minimum Gasteiger partial charge on any atom is -0.475 e. The van der Waals surface area contributed by atoms with Crippen molar-refractivity contribution in [2.75, 3.05) is 13.1 Å². The number of amides is 1. The molecule has 0 radical (unpaired) electrons. The lowest BCUT2D eigenvalue weighted by Gasteiger charge is -2.16. The quantitative estimate of drug-likeness (QED) is 0.832. The number of likely N-dealkylation sites (tertiary alicyclic amines) is 1. The van der Waals surface area contributed by atoms with E-state index in [2.05, 4.69) is 0 Å². The van der Waals surface area contributed by atoms with E-state index in [9.17, 15) is 14.7 Å². The van der Waals surface area contributed by atoms with Crippen LogP contribution in [0.15, 0.2) is 16.5 Å². The van der Waals surface area contributed by atoms with Gasteiger partial charge in [0.1, 0.15) is 0 Å². The zero-order valence-electron chi connectivity index (χ0n) is 10.00. The van der Waals surface area contributed by atoms with Gasteiger partial charge in [-0.25, -0.2) is 4.79 Å². The summed E-state index contributed by atoms with van der Waals surface area (Å²) in [6.07, 6.45) is 0.296. The van der Waals surface area contributed by atoms with Crippen molar-refractivity contribution in [1.29, 1.82) is 0 Å². The highest BCUT2D eigenvalue weighted by molar-refractivity contribution is 5.93. The number of carbonyl (C=O) groups excluding carboxylic acids is 1. The molecule has 2 heterocycles. The van der Waals surface area contributed by atoms with Crippen molar-refractivity contribution in [3.05, 3.63) is 23.7 Å². The first-order valence-corrected chi connectivity index (χ1v) is 5.79. The van der Waals surface area contributed by atoms with Gasteiger partial charge < -0.3 is 19.5 Å². The Morgan fingerprint density at radius 3 is 2.61 bits per heavy atom. The molecule has 1 fully saturated rings. The van der Waals surface area contributed by atoms with Crippen LogP contribution < -0.4 is 0 Å². The van der Waals surface area contributed by atoms with Gasteiger partial charge in [0, 0.05) is 19.0 Å². The van der Waals surface area contributed by atoms with Gasteiger partial charge in [-0.05, 0) is 25.5 Å². The molecule has 0 bridgehead atoms. The second-order valence-electron chi connectivity index (χ2n) is 4.51. The van der Waals surface area contributed by atoms with E-state index in [4.69, 9.17) is 9.52 Å². The van der Waals surface area contributed by atoms with Gasteiger partial charge in [0.25, 0.3) is 5.91 Å². The maximum atomic E-state index is 12.0. The van der Waals surface area contributed by atoms with Crippen molar-refractivity contribution in [3.63, 3.8) is 0 Å². The van der Waals surface area contributed by atoms with Gasteiger partial charge in [-0.15, -0.1) is 0 Å². The molecule has 2 N–H and O–H groups in total. The SMILES string of the molecule is CC(O)C1CCN(C(=O)c2ccc(C(=O)O)o2)C1. The fourth-order valence-electron chi connectivity index (χ4n) is 2.09. The Labute approximate surface area is 104 Å². The summed E-state index contributed by atoms with van der Waals surface area (Å²) in [5, 5.41) is 18.2. The van der Waals surface area contributed by atoms with Gasteiger partial charge >= 0.3 is 5.97 Å². The number of hydrogen-bond donors (Lipinski definition) is 2. The molecule has 98 valence electrons. The Kier molecular flexibility index (Phi) is 3.38. The van der Waals surface area contributed by atoms with Gasteiger partial charge in [0.2, 0.25) is 5.76 Å². The van der Waals surface area contributed by atoms with Gasteiger partial charge in [-0.1, -0.05) is 0 Å². The third-order valence-electron chi connectivity index (χ3n) is 3.22. The summed E-state index contributed by atoms with van der Waals surface area (Å²) >= 11 is 0. The van der Waals surface area contributed by atoms with Crippen molar-refractivity contribution >= 4 is 11.9 Å². The molecule has 1 saturated heterocycles. The lowest BCUT2D eigenvalue weighted by Crippen LogP contribution is -2.30. The zero-order chi connectivity index (χ0) is 13.3. The van der Waals surface area contributed by atoms with E-state index in [1.54, 1.807) is 11.8 Å². The lowest BCUT2D eigenvalue weighted by molar-refractivity contribution is 0.0651. The standard InChI is InChI=1S/C12H15NO5/c1-7(14)8-4-5-13(6-8)11(15)9-2-3-10(18-9)12(16)17/h2-3,7-8,14H,4-6H2,1H3,(H,16,17). The van der Waals surface area contributed by atoms with Crippen LogP contribution in [0.4, 0.5) is 0 Å². The Balaban J connectivity index is 2.05. The highest BCUT2D eigenvalue weighted by atomic mass is 16.4. The second-order valence-corrected chi connectivity index (χ2v) is 4.51. The number of aliphatic hydroxyl groups is 1. The Morgan fingerprint density at radius 1 is 1.44 bits per heavy atom. The third-order valence-corrected chi connectivity index (χ3v) is 3.22. The van der Waals surface area contributed by atoms with Crippen molar-refractivity contribution < 1.29 is 24.2 Å². The molecular weight excluding hydrogens is 238 g/mol. The number of aromatic carboxylic acids is 1. The van der Waals surface area contributed by atoms with Crippen LogP contribution in [-0.2, 0) is 0 Å². The van der Waals surface area contributed by atoms with Gasteiger partial charge in [0.05, 0.1) is 6.10 Å². The number of carboxylic acid groups (broad SMARTS) is 1. The van der Waals surface area contributed by atoms with Crippen LogP contribution in [0.1, 0.15) is 34.5 Å². The van der Waals surface area contributed by atoms with Gasteiger partial charge in [-0.2, -0.15) is 0 Å². The summed E-state index contributed by atoms with van der Waals surface area (Å²) in [5.41, 5.74) is 0. The maximum Gasteiger partial charge on any atom is 0.371 e. The number of aliphatic hydroxyl groups excluding tert-OH is 1. The molecule has 1 amide bonds. The molecule has 18 heavy (non-hydrogen) atoms. The van der Waals surface area contributed by atoms with Crippen molar-refractivity contribution in [1.82, 2.24) is 4.90 Å². The van der Waals surface area contributed by atoms with E-state index in [1.165, 1.54) is 12.1 Å². The molecule has 0 saturated carbocycles. The molecule has 2 atom stereocenters. The summed E-state index contributed by atoms with van der Waals surface area (Å²) in [5.74, 6) is -1.67. The molecule has 2 unspecified atom stereocenters. The normalized spacial score (nSPS) is 21.0. The number of carboxylic acids is 1. The number of furan rings is 1. The number of carbonyl (C=O) groups is 2. The average Bonchev–Trinajstić information content (AvgIpc) is 2.97. The predicted molar refractivity (Wildman–Crippen MR) is 61.4 cm³/mol. The molecule has 6 nitrogen and oxygen atoms in total. The molecule has 6 heteroatoms. The van der Waals surface area contributed by atoms with Crippen LogP contribution in [0, 0.1) is 5.92 Å². The number of hydrogen-bond acceptors (Lipinski definition) is 4. The minimum atomic E-state index is -1.20. The number of rotatable bonds is 3. The summed E-state index contributed by atoms with van der Waals surface area (Å²) in [4.78, 5) is 24.2. The Bertz CT molecular complexity index is 465. The monoisotopic (exact) mass is 253 g/mol. The predicted octanol–water partition coefficient (Wildman–Crippen LogP) is 0.821. The maximum absolute atomic E-state index is 12.0. The highest BCUT2D eigenvalue weighted by Crippen LogP contribution is 2.22. The second kappa shape index (κ2) is 4.81. The fourth-order valence-corrected chi connectivity index (χ4v) is 2.09. The first-order valence-electron chi connectivity index (χ1n) is 5.79. The topological polar surface area (TPSA) is 91.0 Å². The largest absolute Gasteiger partial charge is 0.475 e. The lowest BCUT2D eigenvalue weighted by atomic mass is 10.0. The smallest absolute Gasteiger partial charge is 0.371 e. The molecule has 0 aliphatic carbocycles. The molecule has 0 spiro atoms.